The SMILES string of the molecule is N#Cc1ccsc1NC(=O)COC(=O)c1ccc(S(=O)(=O)C(F)F)cc1. The van der Waals surface area contributed by atoms with Crippen molar-refractivity contribution in [3.05, 3.63) is 46.8 Å². The molecule has 2 rings (SSSR count). The summed E-state index contributed by atoms with van der Waals surface area (Å²) in [6.45, 7) is -0.640. The lowest BCUT2D eigenvalue weighted by atomic mass is 10.2. The monoisotopic (exact) mass is 400 g/mol. The van der Waals surface area contributed by atoms with Crippen LogP contribution in [0.15, 0.2) is 40.6 Å². The highest BCUT2D eigenvalue weighted by atomic mass is 32.2. The van der Waals surface area contributed by atoms with Crippen molar-refractivity contribution in [2.24, 2.45) is 0 Å². The lowest BCUT2D eigenvalue weighted by Gasteiger charge is -2.07. The number of nitriles is 1. The van der Waals surface area contributed by atoms with Crippen molar-refractivity contribution >= 4 is 38.1 Å². The molecule has 2 aromatic rings. The van der Waals surface area contributed by atoms with E-state index in [1.165, 1.54) is 6.07 Å². The third-order valence-electron chi connectivity index (χ3n) is 3.03. The van der Waals surface area contributed by atoms with Gasteiger partial charge in [0.15, 0.2) is 6.61 Å². The fourth-order valence-electron chi connectivity index (χ4n) is 1.75. The molecule has 0 spiro atoms. The number of esters is 1. The summed E-state index contributed by atoms with van der Waals surface area (Å²) in [5.74, 6) is -5.18. The van der Waals surface area contributed by atoms with Crippen molar-refractivity contribution in [3.8, 4) is 6.07 Å². The zero-order valence-electron chi connectivity index (χ0n) is 12.8. The van der Waals surface area contributed by atoms with Gasteiger partial charge in [-0.2, -0.15) is 14.0 Å². The van der Waals surface area contributed by atoms with Gasteiger partial charge in [0.1, 0.15) is 11.1 Å². The van der Waals surface area contributed by atoms with Crippen molar-refractivity contribution in [2.75, 3.05) is 11.9 Å². The summed E-state index contributed by atoms with van der Waals surface area (Å²) in [5, 5.41) is 13.2. The van der Waals surface area contributed by atoms with Crippen molar-refractivity contribution < 1.29 is 31.5 Å². The molecule has 1 N–H and O–H groups in total. The average Bonchev–Trinajstić information content (AvgIpc) is 3.06. The van der Waals surface area contributed by atoms with Crippen LogP contribution in [0, 0.1) is 11.3 Å². The van der Waals surface area contributed by atoms with Crippen LogP contribution in [0.5, 0.6) is 0 Å². The Kier molecular flexibility index (Phi) is 6.01. The number of amides is 1. The van der Waals surface area contributed by atoms with Gasteiger partial charge >= 0.3 is 11.7 Å². The van der Waals surface area contributed by atoms with Crippen LogP contribution in [-0.4, -0.2) is 32.7 Å². The van der Waals surface area contributed by atoms with Crippen LogP contribution in [0.1, 0.15) is 15.9 Å². The molecular formula is C15H10F2N2O5S2. The van der Waals surface area contributed by atoms with Crippen LogP contribution in [0.3, 0.4) is 0 Å². The third kappa shape index (κ3) is 4.41. The number of anilines is 1. The quantitative estimate of drug-likeness (QED) is 0.745. The van der Waals surface area contributed by atoms with E-state index in [0.717, 1.165) is 35.6 Å². The lowest BCUT2D eigenvalue weighted by Crippen LogP contribution is -2.21. The summed E-state index contributed by atoms with van der Waals surface area (Å²) in [4.78, 5) is 22.9. The normalized spacial score (nSPS) is 11.0. The number of sulfone groups is 1. The Bertz CT molecular complexity index is 963. The zero-order valence-corrected chi connectivity index (χ0v) is 14.4. The van der Waals surface area contributed by atoms with E-state index < -0.39 is 39.0 Å². The summed E-state index contributed by atoms with van der Waals surface area (Å²) >= 11 is 1.13. The highest BCUT2D eigenvalue weighted by molar-refractivity contribution is 7.91. The van der Waals surface area contributed by atoms with E-state index in [9.17, 15) is 26.8 Å². The molecule has 26 heavy (non-hydrogen) atoms. The molecule has 1 heterocycles. The molecule has 0 bridgehead atoms. The predicted molar refractivity (Wildman–Crippen MR) is 87.6 cm³/mol. The van der Waals surface area contributed by atoms with Crippen LogP contribution in [0.2, 0.25) is 0 Å². The van der Waals surface area contributed by atoms with E-state index >= 15 is 0 Å². The number of nitrogens with one attached hydrogen (secondary N) is 1. The first kappa shape index (κ1) is 19.5. The Morgan fingerprint density at radius 1 is 1.23 bits per heavy atom. The van der Waals surface area contributed by atoms with Gasteiger partial charge in [0.05, 0.1) is 16.0 Å². The first-order valence-electron chi connectivity index (χ1n) is 6.82. The molecule has 1 amide bonds. The number of ether oxygens (including phenoxy) is 1. The van der Waals surface area contributed by atoms with E-state index in [-0.39, 0.29) is 11.1 Å². The van der Waals surface area contributed by atoms with Gasteiger partial charge in [-0.3, -0.25) is 4.79 Å². The molecule has 0 radical (unpaired) electrons. The number of thiophene rings is 1. The molecule has 0 aliphatic rings. The van der Waals surface area contributed by atoms with E-state index in [2.05, 4.69) is 5.32 Å². The molecule has 0 saturated heterocycles. The summed E-state index contributed by atoms with van der Waals surface area (Å²) in [6.07, 6.45) is 0. The Balaban J connectivity index is 1.96. The second kappa shape index (κ2) is 8.03. The van der Waals surface area contributed by atoms with Gasteiger partial charge < -0.3 is 10.1 Å². The number of halogens is 2. The number of hydrogen-bond donors (Lipinski definition) is 1. The third-order valence-corrected chi connectivity index (χ3v) is 5.25. The summed E-state index contributed by atoms with van der Waals surface area (Å²) < 4.78 is 52.2. The number of alkyl halides is 2. The highest BCUT2D eigenvalue weighted by Gasteiger charge is 2.26. The largest absolute Gasteiger partial charge is 0.452 e. The minimum atomic E-state index is -4.76. The van der Waals surface area contributed by atoms with Gasteiger partial charge in [0.2, 0.25) is 9.84 Å². The topological polar surface area (TPSA) is 113 Å². The standard InChI is InChI=1S/C15H10F2N2O5S2/c16-15(17)26(22,23)11-3-1-9(2-4-11)14(21)24-8-12(20)19-13-10(7-18)5-6-25-13/h1-6,15H,8H2,(H,19,20). The van der Waals surface area contributed by atoms with E-state index in [1.807, 2.05) is 6.07 Å². The molecule has 1 aromatic carbocycles. The molecule has 136 valence electrons. The van der Waals surface area contributed by atoms with Crippen LogP contribution >= 0.6 is 11.3 Å². The van der Waals surface area contributed by atoms with Crippen molar-refractivity contribution in [3.63, 3.8) is 0 Å². The number of carbonyl (C=O) groups excluding carboxylic acids is 2. The lowest BCUT2D eigenvalue weighted by molar-refractivity contribution is -0.119. The predicted octanol–water partition coefficient (Wildman–Crippen LogP) is 2.41. The van der Waals surface area contributed by atoms with Gasteiger partial charge in [0, 0.05) is 0 Å². The molecule has 0 aliphatic heterocycles. The zero-order chi connectivity index (χ0) is 19.3. The maximum Gasteiger partial charge on any atom is 0.341 e. The minimum absolute atomic E-state index is 0.111. The number of hydrogen-bond acceptors (Lipinski definition) is 7. The molecule has 7 nitrogen and oxygen atoms in total. The number of carbonyl (C=O) groups is 2. The van der Waals surface area contributed by atoms with Gasteiger partial charge in [-0.15, -0.1) is 11.3 Å². The summed E-state index contributed by atoms with van der Waals surface area (Å²) in [6, 6.07) is 7.10. The van der Waals surface area contributed by atoms with Crippen molar-refractivity contribution in [1.82, 2.24) is 0 Å². The maximum absolute atomic E-state index is 12.4. The molecule has 11 heteroatoms. The van der Waals surface area contributed by atoms with Gasteiger partial charge in [-0.25, -0.2) is 13.2 Å². The second-order valence-electron chi connectivity index (χ2n) is 4.73. The van der Waals surface area contributed by atoms with E-state index in [1.54, 1.807) is 5.38 Å². The fourth-order valence-corrected chi connectivity index (χ4v) is 3.23. The molecule has 1 aromatic heterocycles. The molecular weight excluding hydrogens is 390 g/mol. The van der Waals surface area contributed by atoms with Crippen molar-refractivity contribution in [2.45, 2.75) is 10.7 Å². The molecule has 0 aliphatic carbocycles. The highest BCUT2D eigenvalue weighted by Crippen LogP contribution is 2.22. The molecule has 0 fully saturated rings. The Morgan fingerprint density at radius 2 is 1.88 bits per heavy atom. The van der Waals surface area contributed by atoms with Crippen molar-refractivity contribution in [1.29, 1.82) is 5.26 Å². The number of nitrogens with zero attached hydrogens (tertiary/aromatic N) is 1. The van der Waals surface area contributed by atoms with Gasteiger partial charge in [-0.05, 0) is 35.7 Å². The van der Waals surface area contributed by atoms with E-state index in [4.69, 9.17) is 10.00 Å². The molecule has 0 unspecified atom stereocenters. The van der Waals surface area contributed by atoms with Gasteiger partial charge in [0.25, 0.3) is 5.91 Å². The average molecular weight is 400 g/mol. The van der Waals surface area contributed by atoms with Crippen LogP contribution < -0.4 is 5.32 Å². The van der Waals surface area contributed by atoms with Crippen LogP contribution in [0.4, 0.5) is 13.8 Å². The maximum atomic E-state index is 12.4. The van der Waals surface area contributed by atoms with Crippen LogP contribution in [0.25, 0.3) is 0 Å². The Labute approximate surface area is 150 Å². The fraction of sp³-hybridized carbons (Fsp3) is 0.133. The number of benzene rings is 1. The Morgan fingerprint density at radius 3 is 2.46 bits per heavy atom. The first-order valence-corrected chi connectivity index (χ1v) is 9.25. The van der Waals surface area contributed by atoms with E-state index in [0.29, 0.717) is 5.00 Å². The molecule has 0 saturated carbocycles. The number of rotatable bonds is 6. The Hall–Kier alpha value is -2.84. The smallest absolute Gasteiger partial charge is 0.341 e. The van der Waals surface area contributed by atoms with Crippen LogP contribution in [-0.2, 0) is 19.4 Å². The second-order valence-corrected chi connectivity index (χ2v) is 7.56. The molecule has 0 atom stereocenters. The summed E-state index contributed by atoms with van der Waals surface area (Å²) in [5.41, 5.74) is 0.158. The summed E-state index contributed by atoms with van der Waals surface area (Å²) in [7, 11) is -4.76. The first-order chi connectivity index (χ1) is 12.3. The van der Waals surface area contributed by atoms with Gasteiger partial charge in [-0.1, -0.05) is 0 Å². The minimum Gasteiger partial charge on any atom is -0.452 e.